The van der Waals surface area contributed by atoms with Crippen molar-refractivity contribution in [3.8, 4) is 17.9 Å². The Balaban J connectivity index is 2.95. The second-order valence-corrected chi connectivity index (χ2v) is 3.56. The maximum absolute atomic E-state index is 8.49. The minimum atomic E-state index is -0.245. The van der Waals surface area contributed by atoms with E-state index < -0.39 is 0 Å². The summed E-state index contributed by atoms with van der Waals surface area (Å²) in [7, 11) is 1.52. The van der Waals surface area contributed by atoms with Gasteiger partial charge in [0.2, 0.25) is 5.71 Å². The Morgan fingerprint density at radius 3 is 2.69 bits per heavy atom. The van der Waals surface area contributed by atoms with Crippen LogP contribution in [0.4, 0.5) is 5.69 Å². The van der Waals surface area contributed by atoms with Crippen molar-refractivity contribution in [2.45, 2.75) is 0 Å². The van der Waals surface area contributed by atoms with E-state index in [4.69, 9.17) is 15.3 Å². The first-order valence-electron chi connectivity index (χ1n) is 4.18. The summed E-state index contributed by atoms with van der Waals surface area (Å²) in [5, 5.41) is 20.6. The van der Waals surface area contributed by atoms with Crippen molar-refractivity contribution in [2.75, 3.05) is 12.5 Å². The Morgan fingerprint density at radius 2 is 2.12 bits per heavy atom. The number of rotatable bonds is 3. The third kappa shape index (κ3) is 2.97. The van der Waals surface area contributed by atoms with Crippen LogP contribution in [0.2, 0.25) is 0 Å². The molecule has 0 fully saturated rings. The van der Waals surface area contributed by atoms with Crippen LogP contribution in [0.1, 0.15) is 0 Å². The monoisotopic (exact) mass is 278 g/mol. The van der Waals surface area contributed by atoms with Crippen LogP contribution < -0.4 is 10.2 Å². The lowest BCUT2D eigenvalue weighted by molar-refractivity contribution is 0.416. The molecule has 0 saturated carbocycles. The van der Waals surface area contributed by atoms with Gasteiger partial charge in [0.05, 0.1) is 12.8 Å². The van der Waals surface area contributed by atoms with Crippen molar-refractivity contribution >= 4 is 27.3 Å². The molecule has 0 aliphatic rings. The van der Waals surface area contributed by atoms with Crippen LogP contribution in [-0.4, -0.2) is 12.8 Å². The molecule has 1 aromatic rings. The van der Waals surface area contributed by atoms with Crippen LogP contribution >= 0.6 is 15.9 Å². The van der Waals surface area contributed by atoms with E-state index in [1.807, 2.05) is 0 Å². The van der Waals surface area contributed by atoms with E-state index in [0.717, 1.165) is 4.47 Å². The largest absolute Gasteiger partial charge is 0.494 e. The summed E-state index contributed by atoms with van der Waals surface area (Å²) in [5.41, 5.74) is 2.92. The van der Waals surface area contributed by atoms with Crippen molar-refractivity contribution in [1.82, 2.24) is 0 Å². The molecule has 0 aliphatic heterocycles. The average molecular weight is 279 g/mol. The minimum Gasteiger partial charge on any atom is -0.494 e. The quantitative estimate of drug-likeness (QED) is 0.679. The molecule has 0 saturated heterocycles. The van der Waals surface area contributed by atoms with Gasteiger partial charge in [0.15, 0.2) is 0 Å². The highest BCUT2D eigenvalue weighted by Gasteiger charge is 2.02. The molecule has 80 valence electrons. The van der Waals surface area contributed by atoms with Gasteiger partial charge in [0.1, 0.15) is 17.9 Å². The minimum absolute atomic E-state index is 0.245. The first-order valence-corrected chi connectivity index (χ1v) is 4.98. The van der Waals surface area contributed by atoms with Gasteiger partial charge in [-0.2, -0.15) is 15.6 Å². The van der Waals surface area contributed by atoms with Crippen molar-refractivity contribution in [3.63, 3.8) is 0 Å². The molecule has 5 nitrogen and oxygen atoms in total. The summed E-state index contributed by atoms with van der Waals surface area (Å²) in [6.45, 7) is 0. The van der Waals surface area contributed by atoms with Gasteiger partial charge in [0, 0.05) is 4.47 Å². The van der Waals surface area contributed by atoms with Crippen LogP contribution in [-0.2, 0) is 0 Å². The van der Waals surface area contributed by atoms with E-state index in [-0.39, 0.29) is 5.71 Å². The SMILES string of the molecule is COc1cc(Br)ccc1NN=C(C#N)C#N. The summed E-state index contributed by atoms with van der Waals surface area (Å²) in [6.07, 6.45) is 0. The van der Waals surface area contributed by atoms with E-state index in [0.29, 0.717) is 11.4 Å². The normalized spacial score (nSPS) is 8.50. The predicted octanol–water partition coefficient (Wildman–Crippen LogP) is 2.27. The lowest BCUT2D eigenvalue weighted by Crippen LogP contribution is -1.98. The van der Waals surface area contributed by atoms with Crippen molar-refractivity contribution in [2.24, 2.45) is 5.10 Å². The number of hydrogen-bond donors (Lipinski definition) is 1. The first kappa shape index (κ1) is 12.0. The smallest absolute Gasteiger partial charge is 0.237 e. The third-order valence-corrected chi connectivity index (χ3v) is 2.16. The van der Waals surface area contributed by atoms with Crippen LogP contribution in [0, 0.1) is 22.7 Å². The van der Waals surface area contributed by atoms with E-state index in [1.54, 1.807) is 30.3 Å². The number of ether oxygens (including phenoxy) is 1. The van der Waals surface area contributed by atoms with Gasteiger partial charge in [-0.25, -0.2) is 0 Å². The summed E-state index contributed by atoms with van der Waals surface area (Å²) in [4.78, 5) is 0. The molecule has 1 rings (SSSR count). The second-order valence-electron chi connectivity index (χ2n) is 2.64. The highest BCUT2D eigenvalue weighted by atomic mass is 79.9. The fourth-order valence-corrected chi connectivity index (χ4v) is 1.29. The Morgan fingerprint density at radius 1 is 1.44 bits per heavy atom. The van der Waals surface area contributed by atoms with Crippen molar-refractivity contribution in [3.05, 3.63) is 22.7 Å². The summed E-state index contributed by atoms with van der Waals surface area (Å²) < 4.78 is 5.96. The molecule has 1 N–H and O–H groups in total. The van der Waals surface area contributed by atoms with Crippen molar-refractivity contribution in [1.29, 1.82) is 10.5 Å². The topological polar surface area (TPSA) is 81.2 Å². The van der Waals surface area contributed by atoms with Crippen molar-refractivity contribution < 1.29 is 4.74 Å². The van der Waals surface area contributed by atoms with Gasteiger partial charge in [-0.05, 0) is 18.2 Å². The number of hydrogen-bond acceptors (Lipinski definition) is 5. The molecule has 0 atom stereocenters. The fourth-order valence-electron chi connectivity index (χ4n) is 0.949. The molecule has 0 spiro atoms. The number of halogens is 1. The number of nitrogens with one attached hydrogen (secondary N) is 1. The Bertz CT molecular complexity index is 483. The van der Waals surface area contributed by atoms with Crippen LogP contribution in [0.3, 0.4) is 0 Å². The number of methoxy groups -OCH3 is 1. The van der Waals surface area contributed by atoms with Gasteiger partial charge in [-0.1, -0.05) is 15.9 Å². The number of nitrogens with zero attached hydrogens (tertiary/aromatic N) is 3. The molecular weight excluding hydrogens is 272 g/mol. The van der Waals surface area contributed by atoms with Crippen LogP contribution in [0.5, 0.6) is 5.75 Å². The Hall–Kier alpha value is -2.05. The molecular formula is C10H7BrN4O. The van der Waals surface area contributed by atoms with Gasteiger partial charge in [-0.3, -0.25) is 5.43 Å². The second kappa shape index (κ2) is 5.74. The maximum atomic E-state index is 8.49. The fraction of sp³-hybridized carbons (Fsp3) is 0.100. The summed E-state index contributed by atoms with van der Waals surface area (Å²) in [6, 6.07) is 8.55. The zero-order valence-corrected chi connectivity index (χ0v) is 9.95. The zero-order valence-electron chi connectivity index (χ0n) is 8.36. The molecule has 0 amide bonds. The molecule has 0 radical (unpaired) electrons. The standard InChI is InChI=1S/C10H7BrN4O/c1-16-10-4-7(11)2-3-9(10)15-14-8(5-12)6-13/h2-4,15H,1H3. The van der Waals surface area contributed by atoms with E-state index in [2.05, 4.69) is 26.5 Å². The lowest BCUT2D eigenvalue weighted by Gasteiger charge is -2.07. The van der Waals surface area contributed by atoms with E-state index >= 15 is 0 Å². The Kier molecular flexibility index (Phi) is 4.31. The van der Waals surface area contributed by atoms with Gasteiger partial charge >= 0.3 is 0 Å². The lowest BCUT2D eigenvalue weighted by atomic mass is 10.3. The molecule has 0 unspecified atom stereocenters. The van der Waals surface area contributed by atoms with E-state index in [1.165, 1.54) is 7.11 Å². The number of nitriles is 2. The van der Waals surface area contributed by atoms with Gasteiger partial charge in [0.25, 0.3) is 0 Å². The summed E-state index contributed by atoms with van der Waals surface area (Å²) in [5.74, 6) is 0.563. The Labute approximate surface area is 101 Å². The highest BCUT2D eigenvalue weighted by Crippen LogP contribution is 2.27. The number of hydrazone groups is 1. The zero-order chi connectivity index (χ0) is 12.0. The molecule has 6 heteroatoms. The first-order chi connectivity index (χ1) is 7.71. The van der Waals surface area contributed by atoms with Crippen LogP contribution in [0.25, 0.3) is 0 Å². The molecule has 16 heavy (non-hydrogen) atoms. The molecule has 0 aromatic heterocycles. The van der Waals surface area contributed by atoms with Gasteiger partial charge in [-0.15, -0.1) is 0 Å². The van der Waals surface area contributed by atoms with E-state index in [9.17, 15) is 0 Å². The molecule has 1 aromatic carbocycles. The number of benzene rings is 1. The third-order valence-electron chi connectivity index (χ3n) is 1.66. The van der Waals surface area contributed by atoms with Crippen LogP contribution in [0.15, 0.2) is 27.8 Å². The maximum Gasteiger partial charge on any atom is 0.237 e. The number of anilines is 1. The molecule has 0 aliphatic carbocycles. The predicted molar refractivity (Wildman–Crippen MR) is 63.0 cm³/mol. The molecule has 0 heterocycles. The average Bonchev–Trinajstić information content (AvgIpc) is 2.31. The summed E-state index contributed by atoms with van der Waals surface area (Å²) >= 11 is 3.30. The van der Waals surface area contributed by atoms with Gasteiger partial charge < -0.3 is 4.74 Å². The highest BCUT2D eigenvalue weighted by molar-refractivity contribution is 9.10. The molecule has 0 bridgehead atoms.